The Balaban J connectivity index is 1.37. The molecule has 2 aromatic heterocycles. The maximum atomic E-state index is 12.7. The van der Waals surface area contributed by atoms with Crippen molar-refractivity contribution in [1.29, 1.82) is 5.26 Å². The molecule has 158 valence electrons. The van der Waals surface area contributed by atoms with Crippen molar-refractivity contribution in [2.75, 3.05) is 23.3 Å². The zero-order valence-electron chi connectivity index (χ0n) is 17.3. The van der Waals surface area contributed by atoms with Gasteiger partial charge in [-0.05, 0) is 63.1 Å². The number of anilines is 2. The van der Waals surface area contributed by atoms with Crippen molar-refractivity contribution >= 4 is 29.0 Å². The topological polar surface area (TPSA) is 99.7 Å². The molecule has 0 spiro atoms. The second-order valence-corrected chi connectivity index (χ2v) is 8.08. The molecular weight excluding hydrogens is 414 g/mol. The third-order valence-electron chi connectivity index (χ3n) is 5.41. The van der Waals surface area contributed by atoms with Gasteiger partial charge in [-0.15, -0.1) is 10.2 Å². The molecule has 1 N–H and O–H groups in total. The number of piperidine rings is 1. The Hall–Kier alpha value is -3.44. The summed E-state index contributed by atoms with van der Waals surface area (Å²) in [5.41, 5.74) is 2.79. The molecule has 1 fully saturated rings. The van der Waals surface area contributed by atoms with Crippen LogP contribution in [0.3, 0.4) is 0 Å². The van der Waals surface area contributed by atoms with Gasteiger partial charge >= 0.3 is 0 Å². The fourth-order valence-corrected chi connectivity index (χ4v) is 3.96. The molecule has 8 nitrogen and oxygen atoms in total. The number of nitrogens with one attached hydrogen (secondary N) is 1. The molecule has 1 aliphatic heterocycles. The maximum Gasteiger partial charge on any atom is 0.227 e. The number of nitriles is 1. The summed E-state index contributed by atoms with van der Waals surface area (Å²) < 4.78 is 1.77. The Labute approximate surface area is 185 Å². The first-order valence-corrected chi connectivity index (χ1v) is 10.5. The van der Waals surface area contributed by atoms with Gasteiger partial charge in [0.05, 0.1) is 16.9 Å². The van der Waals surface area contributed by atoms with E-state index in [1.54, 1.807) is 22.9 Å². The van der Waals surface area contributed by atoms with Gasteiger partial charge in [0.2, 0.25) is 5.91 Å². The minimum Gasteiger partial charge on any atom is -0.355 e. The van der Waals surface area contributed by atoms with E-state index in [2.05, 4.69) is 31.6 Å². The van der Waals surface area contributed by atoms with E-state index in [4.69, 9.17) is 11.6 Å². The molecule has 3 heterocycles. The molecule has 0 saturated carbocycles. The average Bonchev–Trinajstić information content (AvgIpc) is 3.12. The van der Waals surface area contributed by atoms with E-state index in [0.717, 1.165) is 17.2 Å². The first-order valence-electron chi connectivity index (χ1n) is 10.1. The Morgan fingerprint density at radius 1 is 1.13 bits per heavy atom. The van der Waals surface area contributed by atoms with Crippen molar-refractivity contribution in [1.82, 2.24) is 20.0 Å². The third kappa shape index (κ3) is 4.52. The van der Waals surface area contributed by atoms with Crippen LogP contribution in [0.25, 0.3) is 5.82 Å². The summed E-state index contributed by atoms with van der Waals surface area (Å²) in [6.07, 6.45) is 1.38. The van der Waals surface area contributed by atoms with E-state index >= 15 is 0 Å². The summed E-state index contributed by atoms with van der Waals surface area (Å²) in [6.45, 7) is 5.33. The summed E-state index contributed by atoms with van der Waals surface area (Å²) in [6, 6.07) is 12.8. The summed E-state index contributed by atoms with van der Waals surface area (Å²) in [5, 5.41) is 25.7. The Kier molecular flexibility index (Phi) is 5.87. The lowest BCUT2D eigenvalue weighted by molar-refractivity contribution is -0.120. The first-order chi connectivity index (χ1) is 14.9. The normalized spacial score (nSPS) is 14.3. The summed E-state index contributed by atoms with van der Waals surface area (Å²) in [7, 11) is 0. The number of amides is 1. The van der Waals surface area contributed by atoms with E-state index < -0.39 is 0 Å². The van der Waals surface area contributed by atoms with Crippen LogP contribution in [0.2, 0.25) is 5.02 Å². The molecule has 0 unspecified atom stereocenters. The van der Waals surface area contributed by atoms with Crippen molar-refractivity contribution in [2.24, 2.45) is 5.92 Å². The molecule has 0 aliphatic carbocycles. The highest BCUT2D eigenvalue weighted by Gasteiger charge is 2.26. The standard InChI is InChI=1S/C22H22ClN7O/c1-14-11-15(2)30(28-14)21-6-5-20(26-27-21)29-9-7-16(8-10-29)22(31)25-19-12-18(23)4-3-17(19)13-24/h3-6,11-12,16H,7-10H2,1-2H3,(H,25,31). The van der Waals surface area contributed by atoms with E-state index in [0.29, 0.717) is 48.0 Å². The summed E-state index contributed by atoms with van der Waals surface area (Å²) in [4.78, 5) is 14.8. The molecule has 0 radical (unpaired) electrons. The number of halogens is 1. The zero-order chi connectivity index (χ0) is 22.0. The molecule has 4 rings (SSSR count). The second-order valence-electron chi connectivity index (χ2n) is 7.64. The van der Waals surface area contributed by atoms with Crippen molar-refractivity contribution in [3.05, 3.63) is 58.4 Å². The highest BCUT2D eigenvalue weighted by atomic mass is 35.5. The summed E-state index contributed by atoms with van der Waals surface area (Å²) in [5.74, 6) is 1.23. The minimum atomic E-state index is -0.135. The van der Waals surface area contributed by atoms with Gasteiger partial charge in [0.1, 0.15) is 6.07 Å². The van der Waals surface area contributed by atoms with Gasteiger partial charge in [-0.25, -0.2) is 4.68 Å². The Bertz CT molecular complexity index is 1140. The van der Waals surface area contributed by atoms with Gasteiger partial charge in [0.25, 0.3) is 0 Å². The van der Waals surface area contributed by atoms with E-state index in [9.17, 15) is 10.1 Å². The fourth-order valence-electron chi connectivity index (χ4n) is 3.78. The predicted octanol–water partition coefficient (Wildman–Crippen LogP) is 3.66. The van der Waals surface area contributed by atoms with Crippen LogP contribution in [0.1, 0.15) is 29.8 Å². The van der Waals surface area contributed by atoms with Crippen LogP contribution < -0.4 is 10.2 Å². The quantitative estimate of drug-likeness (QED) is 0.671. The van der Waals surface area contributed by atoms with Crippen LogP contribution in [-0.4, -0.2) is 39.0 Å². The number of hydrogen-bond donors (Lipinski definition) is 1. The highest BCUT2D eigenvalue weighted by Crippen LogP contribution is 2.25. The number of hydrogen-bond acceptors (Lipinski definition) is 6. The maximum absolute atomic E-state index is 12.7. The molecular formula is C22H22ClN7O. The lowest BCUT2D eigenvalue weighted by Crippen LogP contribution is -2.38. The van der Waals surface area contributed by atoms with Gasteiger partial charge in [-0.3, -0.25) is 4.79 Å². The first kappa shape index (κ1) is 20.8. The van der Waals surface area contributed by atoms with Crippen LogP contribution >= 0.6 is 11.6 Å². The van der Waals surface area contributed by atoms with Gasteiger partial charge in [-0.1, -0.05) is 11.6 Å². The van der Waals surface area contributed by atoms with Crippen LogP contribution in [-0.2, 0) is 4.79 Å². The number of aryl methyl sites for hydroxylation is 2. The van der Waals surface area contributed by atoms with Crippen LogP contribution in [0, 0.1) is 31.1 Å². The van der Waals surface area contributed by atoms with Crippen molar-refractivity contribution in [3.63, 3.8) is 0 Å². The lowest BCUT2D eigenvalue weighted by Gasteiger charge is -2.31. The molecule has 31 heavy (non-hydrogen) atoms. The predicted molar refractivity (Wildman–Crippen MR) is 118 cm³/mol. The van der Waals surface area contributed by atoms with Crippen molar-refractivity contribution < 1.29 is 4.79 Å². The molecule has 0 bridgehead atoms. The highest BCUT2D eigenvalue weighted by molar-refractivity contribution is 6.31. The molecule has 3 aromatic rings. The molecule has 1 aromatic carbocycles. The third-order valence-corrected chi connectivity index (χ3v) is 5.65. The monoisotopic (exact) mass is 435 g/mol. The molecule has 1 amide bonds. The van der Waals surface area contributed by atoms with E-state index in [1.165, 1.54) is 0 Å². The largest absolute Gasteiger partial charge is 0.355 e. The fraction of sp³-hybridized carbons (Fsp3) is 0.318. The van der Waals surface area contributed by atoms with Crippen LogP contribution in [0.5, 0.6) is 0 Å². The van der Waals surface area contributed by atoms with Gasteiger partial charge in [0, 0.05) is 29.7 Å². The lowest BCUT2D eigenvalue weighted by atomic mass is 9.95. The SMILES string of the molecule is Cc1cc(C)n(-c2ccc(N3CCC(C(=O)Nc4cc(Cl)ccc4C#N)CC3)nn2)n1. The van der Waals surface area contributed by atoms with Crippen LogP contribution in [0.15, 0.2) is 36.4 Å². The van der Waals surface area contributed by atoms with E-state index in [1.807, 2.05) is 32.0 Å². The van der Waals surface area contributed by atoms with Gasteiger partial charge in [0.15, 0.2) is 11.6 Å². The minimum absolute atomic E-state index is 0.0932. The molecule has 1 saturated heterocycles. The molecule has 0 atom stereocenters. The van der Waals surface area contributed by atoms with Crippen LogP contribution in [0.4, 0.5) is 11.5 Å². The summed E-state index contributed by atoms with van der Waals surface area (Å²) >= 11 is 6.00. The number of carbonyl (C=O) groups is 1. The van der Waals surface area contributed by atoms with Crippen molar-refractivity contribution in [3.8, 4) is 11.9 Å². The number of carbonyl (C=O) groups excluding carboxylic acids is 1. The zero-order valence-corrected chi connectivity index (χ0v) is 18.1. The van der Waals surface area contributed by atoms with Gasteiger partial charge in [-0.2, -0.15) is 10.4 Å². The number of rotatable bonds is 4. The Morgan fingerprint density at radius 2 is 1.84 bits per heavy atom. The van der Waals surface area contributed by atoms with Gasteiger partial charge < -0.3 is 10.2 Å². The van der Waals surface area contributed by atoms with E-state index in [-0.39, 0.29) is 11.8 Å². The second kappa shape index (κ2) is 8.74. The Morgan fingerprint density at radius 3 is 2.45 bits per heavy atom. The van der Waals surface area contributed by atoms with Crippen molar-refractivity contribution in [2.45, 2.75) is 26.7 Å². The molecule has 1 aliphatic rings. The number of benzene rings is 1. The number of aromatic nitrogens is 4. The molecule has 9 heteroatoms. The smallest absolute Gasteiger partial charge is 0.227 e. The number of nitrogens with zero attached hydrogens (tertiary/aromatic N) is 6. The average molecular weight is 436 g/mol.